The molecule has 0 atom stereocenters. The molecule has 0 fully saturated rings. The smallest absolute Gasteiger partial charge is 0.283 e. The monoisotopic (exact) mass is 614 g/mol. The molecule has 1 aromatic heterocycles. The maximum atomic E-state index is 13.5. The van der Waals surface area contributed by atoms with E-state index >= 15 is 0 Å². The van der Waals surface area contributed by atoms with Crippen molar-refractivity contribution in [2.75, 3.05) is 18.5 Å². The van der Waals surface area contributed by atoms with Gasteiger partial charge in [-0.3, -0.25) is 30.0 Å². The van der Waals surface area contributed by atoms with Gasteiger partial charge in [0.25, 0.3) is 5.56 Å². The number of aryl methyl sites for hydroxylation is 1. The number of nitrogens with one attached hydrogen (secondary N) is 1. The molecule has 1 aliphatic heterocycles. The SMILES string of the molecule is C#CC.CC/C=C(\C=NCC(F)(F)F)CN(Nc1nn(C)c(=O)c(-c2ccc(Cl)cc2)c1C1=CC(C)=CN=CC1)C(C)=O. The van der Waals surface area contributed by atoms with Crippen LogP contribution in [0.2, 0.25) is 5.02 Å². The van der Waals surface area contributed by atoms with Gasteiger partial charge in [0.15, 0.2) is 5.82 Å². The number of nitrogens with zero attached hydrogens (tertiary/aromatic N) is 5. The second kappa shape index (κ2) is 16.3. The molecule has 8 nitrogen and oxygen atoms in total. The van der Waals surface area contributed by atoms with Crippen LogP contribution < -0.4 is 11.0 Å². The van der Waals surface area contributed by atoms with Gasteiger partial charge in [0.1, 0.15) is 6.54 Å². The number of rotatable bonds is 9. The Bertz CT molecular complexity index is 1550. The molecule has 0 saturated heterocycles. The molecule has 228 valence electrons. The van der Waals surface area contributed by atoms with Crippen LogP contribution in [0.1, 0.15) is 46.1 Å². The molecule has 1 N–H and O–H groups in total. The van der Waals surface area contributed by atoms with Crippen molar-refractivity contribution in [1.29, 1.82) is 0 Å². The highest BCUT2D eigenvalue weighted by atomic mass is 35.5. The number of aliphatic imine (C=N–C) groups is 2. The molecule has 2 heterocycles. The number of amides is 1. The van der Waals surface area contributed by atoms with Gasteiger partial charge in [-0.15, -0.1) is 12.3 Å². The normalized spacial score (nSPS) is 13.3. The van der Waals surface area contributed by atoms with Crippen LogP contribution in [0.3, 0.4) is 0 Å². The van der Waals surface area contributed by atoms with Crippen LogP contribution in [0, 0.1) is 12.3 Å². The van der Waals surface area contributed by atoms with Crippen LogP contribution in [0.25, 0.3) is 16.7 Å². The number of hydrogen-bond acceptors (Lipinski definition) is 6. The second-order valence-corrected chi connectivity index (χ2v) is 9.83. The van der Waals surface area contributed by atoms with E-state index in [4.69, 9.17) is 11.6 Å². The van der Waals surface area contributed by atoms with Crippen LogP contribution in [-0.4, -0.2) is 52.4 Å². The van der Waals surface area contributed by atoms with Gasteiger partial charge in [0.05, 0.1) is 12.1 Å². The van der Waals surface area contributed by atoms with E-state index in [9.17, 15) is 22.8 Å². The van der Waals surface area contributed by atoms with Crippen LogP contribution >= 0.6 is 11.6 Å². The third kappa shape index (κ3) is 10.7. The number of alkyl halides is 3. The standard InChI is InChI=1S/C28H30ClF3N6O2.C3H4/c1-5-6-20(15-34-17-28(30,31)32)16-38(19(3)39)36-26-24(22-11-12-33-14-18(2)13-22)25(27(40)37(4)35-26)21-7-9-23(29)10-8-21;1-3-2/h6-10,12-15H,5,11,16-17H2,1-4H3,(H,35,36);1H,2H3/b20-6+,34-15?;. The highest BCUT2D eigenvalue weighted by Gasteiger charge is 2.26. The highest BCUT2D eigenvalue weighted by Crippen LogP contribution is 2.34. The molecule has 2 aromatic rings. The summed E-state index contributed by atoms with van der Waals surface area (Å²) in [5, 5.41) is 6.16. The van der Waals surface area contributed by atoms with E-state index in [1.54, 1.807) is 49.7 Å². The molecule has 0 saturated carbocycles. The van der Waals surface area contributed by atoms with Gasteiger partial charge in [0, 0.05) is 49.6 Å². The fraction of sp³-hybridized carbons (Fsp3) is 0.323. The minimum Gasteiger partial charge on any atom is -0.283 e. The van der Waals surface area contributed by atoms with E-state index in [-0.39, 0.29) is 17.9 Å². The molecular formula is C31H34ClF3N6O2. The van der Waals surface area contributed by atoms with Gasteiger partial charge in [-0.05, 0) is 54.7 Å². The van der Waals surface area contributed by atoms with Crippen molar-refractivity contribution in [3.8, 4) is 23.5 Å². The first kappa shape index (κ1) is 34.8. The Morgan fingerprint density at radius 3 is 2.51 bits per heavy atom. The molecule has 0 spiro atoms. The molecule has 0 bridgehead atoms. The zero-order valence-corrected chi connectivity index (χ0v) is 25.4. The van der Waals surface area contributed by atoms with Crippen LogP contribution in [0.4, 0.5) is 19.0 Å². The minimum absolute atomic E-state index is 0.0930. The first-order valence-electron chi connectivity index (χ1n) is 13.3. The molecule has 1 aromatic carbocycles. The van der Waals surface area contributed by atoms with Crippen molar-refractivity contribution >= 4 is 41.3 Å². The molecule has 0 unspecified atom stereocenters. The summed E-state index contributed by atoms with van der Waals surface area (Å²) in [5.74, 6) is 2.04. The maximum absolute atomic E-state index is 13.5. The Hall–Kier alpha value is -4.43. The number of aromatic nitrogens is 2. The number of carbonyl (C=O) groups excluding carboxylic acids is 1. The molecule has 0 radical (unpaired) electrons. The third-order valence-electron chi connectivity index (χ3n) is 5.75. The van der Waals surface area contributed by atoms with Gasteiger partial charge in [-0.1, -0.05) is 42.8 Å². The lowest BCUT2D eigenvalue weighted by Crippen LogP contribution is -2.38. The Morgan fingerprint density at radius 2 is 1.93 bits per heavy atom. The summed E-state index contributed by atoms with van der Waals surface area (Å²) in [5.41, 5.74) is 6.02. The van der Waals surface area contributed by atoms with E-state index in [0.717, 1.165) is 22.0 Å². The topological polar surface area (TPSA) is 91.9 Å². The fourth-order valence-electron chi connectivity index (χ4n) is 4.00. The molecule has 1 aliphatic rings. The summed E-state index contributed by atoms with van der Waals surface area (Å²) >= 11 is 6.10. The van der Waals surface area contributed by atoms with E-state index in [1.165, 1.54) is 19.0 Å². The van der Waals surface area contributed by atoms with Gasteiger partial charge in [0.2, 0.25) is 5.91 Å². The summed E-state index contributed by atoms with van der Waals surface area (Å²) in [4.78, 5) is 34.0. The Kier molecular flexibility index (Phi) is 13.2. The largest absolute Gasteiger partial charge is 0.407 e. The van der Waals surface area contributed by atoms with E-state index in [1.807, 2.05) is 19.9 Å². The lowest BCUT2D eigenvalue weighted by atomic mass is 9.93. The summed E-state index contributed by atoms with van der Waals surface area (Å²) in [6.07, 6.45) is 9.13. The van der Waals surface area contributed by atoms with Gasteiger partial charge >= 0.3 is 6.18 Å². The molecule has 0 aliphatic carbocycles. The van der Waals surface area contributed by atoms with Gasteiger partial charge in [-0.2, -0.15) is 18.3 Å². The Labute approximate surface area is 254 Å². The molecule has 12 heteroatoms. The quantitative estimate of drug-likeness (QED) is 0.195. The minimum atomic E-state index is -4.44. The number of carbonyl (C=O) groups is 1. The number of anilines is 1. The van der Waals surface area contributed by atoms with Crippen molar-refractivity contribution in [2.45, 2.75) is 46.7 Å². The number of hydrazine groups is 1. The molecule has 1 amide bonds. The van der Waals surface area contributed by atoms with Crippen LogP contribution in [0.15, 0.2) is 68.5 Å². The number of hydrogen-bond donors (Lipinski definition) is 1. The summed E-state index contributed by atoms with van der Waals surface area (Å²) in [6.45, 7) is 5.24. The Morgan fingerprint density at radius 1 is 1.28 bits per heavy atom. The van der Waals surface area contributed by atoms with E-state index < -0.39 is 18.6 Å². The predicted molar refractivity (Wildman–Crippen MR) is 168 cm³/mol. The zero-order chi connectivity index (χ0) is 32.2. The van der Waals surface area contributed by atoms with Crippen LogP contribution in [0.5, 0.6) is 0 Å². The maximum Gasteiger partial charge on any atom is 0.407 e. The zero-order valence-electron chi connectivity index (χ0n) is 24.7. The molecule has 3 rings (SSSR count). The lowest BCUT2D eigenvalue weighted by Gasteiger charge is -2.26. The number of benzene rings is 1. The summed E-state index contributed by atoms with van der Waals surface area (Å²) in [7, 11) is 1.50. The van der Waals surface area contributed by atoms with Crippen molar-refractivity contribution in [2.24, 2.45) is 17.0 Å². The predicted octanol–water partition coefficient (Wildman–Crippen LogP) is 6.65. The first-order chi connectivity index (χ1) is 20.3. The van der Waals surface area contributed by atoms with Crippen molar-refractivity contribution in [1.82, 2.24) is 14.8 Å². The molecule has 43 heavy (non-hydrogen) atoms. The average Bonchev–Trinajstić information content (AvgIpc) is 3.14. The van der Waals surface area contributed by atoms with E-state index in [2.05, 4.69) is 32.9 Å². The van der Waals surface area contributed by atoms with Crippen molar-refractivity contribution in [3.63, 3.8) is 0 Å². The summed E-state index contributed by atoms with van der Waals surface area (Å²) < 4.78 is 39.1. The van der Waals surface area contributed by atoms with Crippen LogP contribution in [-0.2, 0) is 11.8 Å². The number of halogens is 4. The van der Waals surface area contributed by atoms with Crippen molar-refractivity contribution in [3.05, 3.63) is 74.7 Å². The third-order valence-corrected chi connectivity index (χ3v) is 6.00. The average molecular weight is 615 g/mol. The highest BCUT2D eigenvalue weighted by molar-refractivity contribution is 6.30. The fourth-order valence-corrected chi connectivity index (χ4v) is 4.13. The van der Waals surface area contributed by atoms with E-state index in [0.29, 0.717) is 40.1 Å². The molecular weight excluding hydrogens is 581 g/mol. The first-order valence-corrected chi connectivity index (χ1v) is 13.6. The summed E-state index contributed by atoms with van der Waals surface area (Å²) in [6, 6.07) is 6.79. The second-order valence-electron chi connectivity index (χ2n) is 9.39. The number of terminal acetylenes is 1. The lowest BCUT2D eigenvalue weighted by molar-refractivity contribution is -0.127. The van der Waals surface area contributed by atoms with Gasteiger partial charge < -0.3 is 0 Å². The van der Waals surface area contributed by atoms with Crippen molar-refractivity contribution < 1.29 is 18.0 Å². The Balaban J connectivity index is 0.00000206. The number of allylic oxidation sites excluding steroid dienone is 4. The van der Waals surface area contributed by atoms with Gasteiger partial charge in [-0.25, -0.2) is 4.68 Å².